The lowest BCUT2D eigenvalue weighted by molar-refractivity contribution is -0.123. The summed E-state index contributed by atoms with van der Waals surface area (Å²) in [4.78, 5) is 11.9. The van der Waals surface area contributed by atoms with Crippen LogP contribution >= 0.6 is 0 Å². The summed E-state index contributed by atoms with van der Waals surface area (Å²) in [5.74, 6) is -0.216. The largest absolute Gasteiger partial charge is 0.481 e. The fourth-order valence-electron chi connectivity index (χ4n) is 3.38. The first-order chi connectivity index (χ1) is 13.1. The maximum atomic E-state index is 13.5. The Labute approximate surface area is 159 Å². The van der Waals surface area contributed by atoms with Crippen LogP contribution in [0.4, 0.5) is 4.39 Å². The Bertz CT molecular complexity index is 796. The standard InChI is InChI=1S/C22H25FN2O2/c1-16(17-11-13-19(14-12-17)18-7-3-2-4-8-18)24-25-22(26)15-27-21-10-6-5-9-20(21)23/h5-6,9-14,18H,2-4,7-8,15H2,1H3,(H,25,26)/b24-16-. The molecule has 1 saturated carbocycles. The number of nitrogens with zero attached hydrogens (tertiary/aromatic N) is 1. The van der Waals surface area contributed by atoms with Gasteiger partial charge in [0.2, 0.25) is 0 Å². The Morgan fingerprint density at radius 2 is 1.81 bits per heavy atom. The lowest BCUT2D eigenvalue weighted by atomic mass is 9.84. The molecule has 0 aromatic heterocycles. The van der Waals surface area contributed by atoms with Crippen LogP contribution in [-0.4, -0.2) is 18.2 Å². The number of benzene rings is 2. The number of halogens is 1. The molecule has 1 aliphatic carbocycles. The van der Waals surface area contributed by atoms with Gasteiger partial charge in [0, 0.05) is 0 Å². The zero-order valence-corrected chi connectivity index (χ0v) is 15.6. The number of amides is 1. The van der Waals surface area contributed by atoms with Gasteiger partial charge in [0.25, 0.3) is 5.91 Å². The highest BCUT2D eigenvalue weighted by molar-refractivity contribution is 5.99. The third-order valence-corrected chi connectivity index (χ3v) is 4.95. The lowest BCUT2D eigenvalue weighted by Gasteiger charge is -2.22. The second kappa shape index (κ2) is 9.31. The Balaban J connectivity index is 1.52. The molecule has 2 aromatic rings. The van der Waals surface area contributed by atoms with Crippen molar-refractivity contribution in [1.29, 1.82) is 0 Å². The number of hydrogen-bond acceptors (Lipinski definition) is 3. The molecule has 0 aliphatic heterocycles. The maximum Gasteiger partial charge on any atom is 0.277 e. The second-order valence-electron chi connectivity index (χ2n) is 6.91. The molecule has 1 amide bonds. The van der Waals surface area contributed by atoms with E-state index in [4.69, 9.17) is 4.74 Å². The number of ether oxygens (including phenoxy) is 1. The first kappa shape index (κ1) is 19.1. The van der Waals surface area contributed by atoms with Crippen molar-refractivity contribution in [2.75, 3.05) is 6.61 Å². The average Bonchev–Trinajstić information content (AvgIpc) is 2.72. The molecule has 0 heterocycles. The van der Waals surface area contributed by atoms with Gasteiger partial charge in [-0.2, -0.15) is 5.10 Å². The smallest absolute Gasteiger partial charge is 0.277 e. The van der Waals surface area contributed by atoms with Crippen LogP contribution in [0.3, 0.4) is 0 Å². The molecule has 1 fully saturated rings. The molecule has 0 atom stereocenters. The summed E-state index contributed by atoms with van der Waals surface area (Å²) in [5, 5.41) is 4.11. The van der Waals surface area contributed by atoms with Gasteiger partial charge in [-0.1, -0.05) is 55.7 Å². The first-order valence-corrected chi connectivity index (χ1v) is 9.44. The molecule has 1 N–H and O–H groups in total. The molecule has 3 rings (SSSR count). The Kier molecular flexibility index (Phi) is 6.58. The van der Waals surface area contributed by atoms with Gasteiger partial charge >= 0.3 is 0 Å². The van der Waals surface area contributed by atoms with Gasteiger partial charge < -0.3 is 4.74 Å². The summed E-state index contributed by atoms with van der Waals surface area (Å²) in [6.07, 6.45) is 6.51. The van der Waals surface area contributed by atoms with Gasteiger partial charge in [-0.25, -0.2) is 9.82 Å². The Hall–Kier alpha value is -2.69. The Morgan fingerprint density at radius 1 is 1.11 bits per heavy atom. The molecule has 0 bridgehead atoms. The van der Waals surface area contributed by atoms with Crippen molar-refractivity contribution >= 4 is 11.6 Å². The highest BCUT2D eigenvalue weighted by Crippen LogP contribution is 2.32. The van der Waals surface area contributed by atoms with Crippen LogP contribution in [0, 0.1) is 5.82 Å². The highest BCUT2D eigenvalue weighted by Gasteiger charge is 2.15. The SMILES string of the molecule is C/C(=N/NC(=O)COc1ccccc1F)c1ccc(C2CCCCC2)cc1. The van der Waals surface area contributed by atoms with Crippen molar-refractivity contribution in [3.05, 3.63) is 65.5 Å². The van der Waals surface area contributed by atoms with Crippen molar-refractivity contribution in [1.82, 2.24) is 5.43 Å². The minimum Gasteiger partial charge on any atom is -0.481 e. The van der Waals surface area contributed by atoms with E-state index >= 15 is 0 Å². The molecule has 0 saturated heterocycles. The van der Waals surface area contributed by atoms with E-state index in [1.54, 1.807) is 12.1 Å². The minimum atomic E-state index is -0.497. The summed E-state index contributed by atoms with van der Waals surface area (Å²) in [6, 6.07) is 14.4. The normalized spacial score (nSPS) is 15.4. The molecule has 1 aliphatic rings. The van der Waals surface area contributed by atoms with Gasteiger partial charge in [0.15, 0.2) is 18.2 Å². The van der Waals surface area contributed by atoms with E-state index in [9.17, 15) is 9.18 Å². The predicted molar refractivity (Wildman–Crippen MR) is 105 cm³/mol. The number of nitrogens with one attached hydrogen (secondary N) is 1. The number of para-hydroxylation sites is 1. The molecular formula is C22H25FN2O2. The molecule has 0 radical (unpaired) electrons. The number of carbonyl (C=O) groups excluding carboxylic acids is 1. The van der Waals surface area contributed by atoms with E-state index in [1.807, 2.05) is 19.1 Å². The third kappa shape index (κ3) is 5.39. The fourth-order valence-corrected chi connectivity index (χ4v) is 3.38. The summed E-state index contributed by atoms with van der Waals surface area (Å²) >= 11 is 0. The number of hydrazone groups is 1. The van der Waals surface area contributed by atoms with E-state index in [1.165, 1.54) is 49.8 Å². The molecule has 0 unspecified atom stereocenters. The zero-order chi connectivity index (χ0) is 19.1. The van der Waals surface area contributed by atoms with Gasteiger partial charge in [-0.3, -0.25) is 4.79 Å². The van der Waals surface area contributed by atoms with Crippen LogP contribution in [0.1, 0.15) is 56.1 Å². The van der Waals surface area contributed by atoms with E-state index in [-0.39, 0.29) is 12.4 Å². The van der Waals surface area contributed by atoms with Crippen LogP contribution in [0.15, 0.2) is 53.6 Å². The van der Waals surface area contributed by atoms with Gasteiger partial charge in [-0.15, -0.1) is 0 Å². The van der Waals surface area contributed by atoms with Crippen molar-refractivity contribution in [2.24, 2.45) is 5.10 Å². The number of carbonyl (C=O) groups is 1. The lowest BCUT2D eigenvalue weighted by Crippen LogP contribution is -2.25. The van der Waals surface area contributed by atoms with Gasteiger partial charge in [0.1, 0.15) is 0 Å². The Morgan fingerprint density at radius 3 is 2.52 bits per heavy atom. The molecule has 0 spiro atoms. The van der Waals surface area contributed by atoms with Crippen molar-refractivity contribution in [2.45, 2.75) is 44.9 Å². The number of hydrogen-bond donors (Lipinski definition) is 1. The molecule has 5 heteroatoms. The number of rotatable bonds is 6. The highest BCUT2D eigenvalue weighted by atomic mass is 19.1. The summed E-state index contributed by atoms with van der Waals surface area (Å²) in [7, 11) is 0. The van der Waals surface area contributed by atoms with Crippen LogP contribution in [-0.2, 0) is 4.79 Å². The monoisotopic (exact) mass is 368 g/mol. The van der Waals surface area contributed by atoms with Crippen LogP contribution in [0.2, 0.25) is 0 Å². The molecule has 2 aromatic carbocycles. The van der Waals surface area contributed by atoms with Crippen LogP contribution in [0.5, 0.6) is 5.75 Å². The molecular weight excluding hydrogens is 343 g/mol. The van der Waals surface area contributed by atoms with E-state index in [2.05, 4.69) is 22.7 Å². The van der Waals surface area contributed by atoms with E-state index in [0.717, 1.165) is 5.56 Å². The third-order valence-electron chi connectivity index (χ3n) is 4.95. The summed E-state index contributed by atoms with van der Waals surface area (Å²) in [6.45, 7) is 1.55. The van der Waals surface area contributed by atoms with E-state index in [0.29, 0.717) is 11.6 Å². The molecule has 4 nitrogen and oxygen atoms in total. The topological polar surface area (TPSA) is 50.7 Å². The summed E-state index contributed by atoms with van der Waals surface area (Å²) < 4.78 is 18.6. The van der Waals surface area contributed by atoms with Crippen molar-refractivity contribution in [3.63, 3.8) is 0 Å². The van der Waals surface area contributed by atoms with Gasteiger partial charge in [0.05, 0.1) is 5.71 Å². The van der Waals surface area contributed by atoms with Crippen LogP contribution in [0.25, 0.3) is 0 Å². The average molecular weight is 368 g/mol. The van der Waals surface area contributed by atoms with E-state index < -0.39 is 11.7 Å². The van der Waals surface area contributed by atoms with Crippen molar-refractivity contribution in [3.8, 4) is 5.75 Å². The predicted octanol–water partition coefficient (Wildman–Crippen LogP) is 4.79. The second-order valence-corrected chi connectivity index (χ2v) is 6.91. The zero-order valence-electron chi connectivity index (χ0n) is 15.6. The van der Waals surface area contributed by atoms with Crippen molar-refractivity contribution < 1.29 is 13.9 Å². The maximum absolute atomic E-state index is 13.5. The first-order valence-electron chi connectivity index (χ1n) is 9.44. The molecule has 27 heavy (non-hydrogen) atoms. The summed E-state index contributed by atoms with van der Waals surface area (Å²) in [5.41, 5.74) is 5.51. The fraction of sp³-hybridized carbons (Fsp3) is 0.364. The molecule has 142 valence electrons. The minimum absolute atomic E-state index is 0.0478. The quantitative estimate of drug-likeness (QED) is 0.588. The van der Waals surface area contributed by atoms with Gasteiger partial charge in [-0.05, 0) is 48.9 Å². The van der Waals surface area contributed by atoms with Crippen LogP contribution < -0.4 is 10.2 Å².